The van der Waals surface area contributed by atoms with Gasteiger partial charge in [0.25, 0.3) is 5.56 Å². The maximum atomic E-state index is 12.8. The Labute approximate surface area is 140 Å². The van der Waals surface area contributed by atoms with Crippen LogP contribution in [-0.4, -0.2) is 15.2 Å². The minimum atomic E-state index is -0.316. The van der Waals surface area contributed by atoms with E-state index in [2.05, 4.69) is 15.2 Å². The van der Waals surface area contributed by atoms with E-state index in [0.29, 0.717) is 21.5 Å². The van der Waals surface area contributed by atoms with Crippen LogP contribution in [0.15, 0.2) is 58.5 Å². The van der Waals surface area contributed by atoms with Crippen LogP contribution in [0.25, 0.3) is 11.3 Å². The molecule has 23 heavy (non-hydrogen) atoms. The zero-order valence-corrected chi connectivity index (χ0v) is 13.4. The Hall–Kier alpha value is -2.18. The molecule has 0 fully saturated rings. The number of aromatic nitrogens is 3. The number of hydrogen-bond acceptors (Lipinski definition) is 4. The highest BCUT2D eigenvalue weighted by molar-refractivity contribution is 7.98. The number of H-pyrrole nitrogens is 1. The lowest BCUT2D eigenvalue weighted by Gasteiger charge is -2.03. The maximum absolute atomic E-state index is 12.8. The number of nitrogens with one attached hydrogen (secondary N) is 1. The molecule has 2 aromatic carbocycles. The van der Waals surface area contributed by atoms with E-state index >= 15 is 0 Å². The Morgan fingerprint density at radius 2 is 1.74 bits per heavy atom. The van der Waals surface area contributed by atoms with Gasteiger partial charge in [-0.05, 0) is 29.8 Å². The molecule has 3 rings (SSSR count). The first kappa shape index (κ1) is 15.7. The Balaban J connectivity index is 1.75. The number of thioether (sulfide) groups is 1. The number of benzene rings is 2. The van der Waals surface area contributed by atoms with Crippen LogP contribution in [0.1, 0.15) is 5.56 Å². The Kier molecular flexibility index (Phi) is 4.73. The molecule has 0 bridgehead atoms. The SMILES string of the molecule is O=c1[nH]c(SCc2ccc(F)cc2)nnc1-c1ccc(Cl)cc1. The standard InChI is InChI=1S/C16H11ClFN3OS/c17-12-5-3-11(4-6-12)14-15(22)19-16(21-20-14)23-9-10-1-7-13(18)8-2-10/h1-8H,9H2,(H,19,21,22). The molecule has 0 unspecified atom stereocenters. The fourth-order valence-corrected chi connectivity index (χ4v) is 2.80. The molecule has 0 aliphatic rings. The molecule has 0 atom stereocenters. The van der Waals surface area contributed by atoms with Crippen LogP contribution in [-0.2, 0) is 5.75 Å². The van der Waals surface area contributed by atoms with Crippen LogP contribution in [0.4, 0.5) is 4.39 Å². The van der Waals surface area contributed by atoms with Crippen molar-refractivity contribution in [2.24, 2.45) is 0 Å². The summed E-state index contributed by atoms with van der Waals surface area (Å²) in [6, 6.07) is 13.0. The van der Waals surface area contributed by atoms with Crippen molar-refractivity contribution < 1.29 is 4.39 Å². The minimum absolute atomic E-state index is 0.243. The number of aromatic amines is 1. The summed E-state index contributed by atoms with van der Waals surface area (Å²) in [6.07, 6.45) is 0. The number of rotatable bonds is 4. The summed E-state index contributed by atoms with van der Waals surface area (Å²) in [5.74, 6) is 0.282. The van der Waals surface area contributed by atoms with Crippen LogP contribution in [0.5, 0.6) is 0 Å². The van der Waals surface area contributed by atoms with Crippen molar-refractivity contribution in [3.8, 4) is 11.3 Å². The molecule has 116 valence electrons. The first-order valence-electron chi connectivity index (χ1n) is 6.72. The largest absolute Gasteiger partial charge is 0.298 e. The van der Waals surface area contributed by atoms with Gasteiger partial charge in [-0.15, -0.1) is 10.2 Å². The minimum Gasteiger partial charge on any atom is -0.298 e. The fraction of sp³-hybridized carbons (Fsp3) is 0.0625. The second-order valence-electron chi connectivity index (χ2n) is 4.73. The molecule has 0 radical (unpaired) electrons. The Morgan fingerprint density at radius 3 is 2.39 bits per heavy atom. The molecule has 0 aliphatic carbocycles. The van der Waals surface area contributed by atoms with Crippen molar-refractivity contribution in [3.63, 3.8) is 0 Å². The van der Waals surface area contributed by atoms with E-state index in [1.54, 1.807) is 36.4 Å². The average Bonchev–Trinajstić information content (AvgIpc) is 2.55. The van der Waals surface area contributed by atoms with Crippen molar-refractivity contribution in [1.82, 2.24) is 15.2 Å². The van der Waals surface area contributed by atoms with Crippen molar-refractivity contribution >= 4 is 23.4 Å². The van der Waals surface area contributed by atoms with Crippen molar-refractivity contribution in [1.29, 1.82) is 0 Å². The monoisotopic (exact) mass is 347 g/mol. The molecule has 0 amide bonds. The molecule has 4 nitrogen and oxygen atoms in total. The van der Waals surface area contributed by atoms with Gasteiger partial charge < -0.3 is 0 Å². The number of nitrogens with zero attached hydrogens (tertiary/aromatic N) is 2. The van der Waals surface area contributed by atoms with Gasteiger partial charge in [0, 0.05) is 16.3 Å². The predicted octanol–water partition coefficient (Wildman–Crippen LogP) is 3.92. The maximum Gasteiger partial charge on any atom is 0.278 e. The summed E-state index contributed by atoms with van der Waals surface area (Å²) >= 11 is 7.15. The van der Waals surface area contributed by atoms with E-state index < -0.39 is 0 Å². The van der Waals surface area contributed by atoms with Gasteiger partial charge in [0.15, 0.2) is 10.9 Å². The van der Waals surface area contributed by atoms with Crippen molar-refractivity contribution in [2.75, 3.05) is 0 Å². The van der Waals surface area contributed by atoms with Gasteiger partial charge in [0.05, 0.1) is 0 Å². The summed E-state index contributed by atoms with van der Waals surface area (Å²) in [7, 11) is 0. The molecular formula is C16H11ClFN3OS. The average molecular weight is 348 g/mol. The zero-order chi connectivity index (χ0) is 16.2. The molecule has 1 heterocycles. The van der Waals surface area contributed by atoms with Crippen molar-refractivity contribution in [2.45, 2.75) is 10.9 Å². The van der Waals surface area contributed by atoms with Crippen LogP contribution in [0.3, 0.4) is 0 Å². The lowest BCUT2D eigenvalue weighted by molar-refractivity contribution is 0.627. The third-order valence-corrected chi connectivity index (χ3v) is 4.27. The second kappa shape index (κ2) is 6.93. The zero-order valence-electron chi connectivity index (χ0n) is 11.8. The quantitative estimate of drug-likeness (QED) is 0.727. The molecular weight excluding hydrogens is 337 g/mol. The third-order valence-electron chi connectivity index (χ3n) is 3.08. The highest BCUT2D eigenvalue weighted by Gasteiger charge is 2.08. The van der Waals surface area contributed by atoms with Gasteiger partial charge in [-0.25, -0.2) is 4.39 Å². The topological polar surface area (TPSA) is 58.6 Å². The predicted molar refractivity (Wildman–Crippen MR) is 89.1 cm³/mol. The van der Waals surface area contributed by atoms with E-state index in [1.807, 2.05) is 0 Å². The van der Waals surface area contributed by atoms with Gasteiger partial charge >= 0.3 is 0 Å². The molecule has 7 heteroatoms. The summed E-state index contributed by atoms with van der Waals surface area (Å²) in [5.41, 5.74) is 1.51. The molecule has 0 aliphatic heterocycles. The van der Waals surface area contributed by atoms with E-state index in [-0.39, 0.29) is 17.1 Å². The first-order chi connectivity index (χ1) is 11.1. The van der Waals surface area contributed by atoms with E-state index in [4.69, 9.17) is 11.6 Å². The van der Waals surface area contributed by atoms with Gasteiger partial charge in [0.2, 0.25) is 0 Å². The Morgan fingerprint density at radius 1 is 1.04 bits per heavy atom. The van der Waals surface area contributed by atoms with E-state index in [1.165, 1.54) is 23.9 Å². The number of halogens is 2. The van der Waals surface area contributed by atoms with Crippen molar-refractivity contribution in [3.05, 3.63) is 75.3 Å². The van der Waals surface area contributed by atoms with Crippen LogP contribution >= 0.6 is 23.4 Å². The molecule has 0 saturated heterocycles. The fourth-order valence-electron chi connectivity index (χ4n) is 1.92. The smallest absolute Gasteiger partial charge is 0.278 e. The summed E-state index contributed by atoms with van der Waals surface area (Å²) in [4.78, 5) is 14.8. The van der Waals surface area contributed by atoms with Crippen LogP contribution in [0, 0.1) is 5.82 Å². The van der Waals surface area contributed by atoms with Crippen LogP contribution < -0.4 is 5.56 Å². The highest BCUT2D eigenvalue weighted by Crippen LogP contribution is 2.20. The second-order valence-corrected chi connectivity index (χ2v) is 6.13. The molecule has 1 aromatic heterocycles. The summed E-state index contributed by atoms with van der Waals surface area (Å²) < 4.78 is 12.8. The summed E-state index contributed by atoms with van der Waals surface area (Å²) in [6.45, 7) is 0. The van der Waals surface area contributed by atoms with Gasteiger partial charge in [-0.1, -0.05) is 47.6 Å². The van der Waals surface area contributed by atoms with E-state index in [9.17, 15) is 9.18 Å². The van der Waals surface area contributed by atoms with E-state index in [0.717, 1.165) is 5.56 Å². The normalized spacial score (nSPS) is 10.7. The Bertz CT molecular complexity index is 866. The number of hydrogen-bond donors (Lipinski definition) is 1. The van der Waals surface area contributed by atoms with Gasteiger partial charge in [0.1, 0.15) is 5.82 Å². The molecule has 0 spiro atoms. The third kappa shape index (κ3) is 3.97. The molecule has 3 aromatic rings. The molecule has 1 N–H and O–H groups in total. The summed E-state index contributed by atoms with van der Waals surface area (Å²) in [5, 5.41) is 9.01. The van der Waals surface area contributed by atoms with Gasteiger partial charge in [-0.2, -0.15) is 0 Å². The molecule has 0 saturated carbocycles. The highest BCUT2D eigenvalue weighted by atomic mass is 35.5. The lowest BCUT2D eigenvalue weighted by atomic mass is 10.2. The van der Waals surface area contributed by atoms with Gasteiger partial charge in [-0.3, -0.25) is 9.78 Å². The van der Waals surface area contributed by atoms with Crippen LogP contribution in [0.2, 0.25) is 5.02 Å². The first-order valence-corrected chi connectivity index (χ1v) is 8.08. The lowest BCUT2D eigenvalue weighted by Crippen LogP contribution is -2.14.